The number of aromatic nitrogens is 3. The Bertz CT molecular complexity index is 825. The standard InChI is InChI=1S/C18H21N5/c1-11-2-4-13(8-11)21-17-10-18(19)22-16-9-12(3-5-14(16)17)15-6-7-20-23-15/h3,5-7,9-11,13H,2,4,8H2,1H3,(H,20,23)(H3,19,21,22)/t11-,13-/m0/s1. The molecule has 0 aliphatic heterocycles. The fourth-order valence-electron chi connectivity index (χ4n) is 3.51. The number of hydrogen-bond acceptors (Lipinski definition) is 4. The van der Waals surface area contributed by atoms with E-state index < -0.39 is 0 Å². The quantitative estimate of drug-likeness (QED) is 0.687. The maximum Gasteiger partial charge on any atom is 0.126 e. The molecular formula is C18H21N5. The number of anilines is 2. The maximum atomic E-state index is 6.02. The SMILES string of the molecule is C[C@H]1CC[C@H](Nc2cc(N)nc3cc(-c4ccn[nH]4)ccc23)C1. The summed E-state index contributed by atoms with van der Waals surface area (Å²) in [4.78, 5) is 4.50. The first-order chi connectivity index (χ1) is 11.2. The van der Waals surface area contributed by atoms with Crippen molar-refractivity contribution in [3.63, 3.8) is 0 Å². The number of rotatable bonds is 3. The van der Waals surface area contributed by atoms with Gasteiger partial charge in [-0.1, -0.05) is 19.1 Å². The van der Waals surface area contributed by atoms with E-state index in [1.54, 1.807) is 6.20 Å². The summed E-state index contributed by atoms with van der Waals surface area (Å²) < 4.78 is 0. The molecule has 5 nitrogen and oxygen atoms in total. The van der Waals surface area contributed by atoms with Crippen molar-refractivity contribution in [3.05, 3.63) is 36.5 Å². The molecule has 1 fully saturated rings. The predicted octanol–water partition coefficient (Wildman–Crippen LogP) is 3.81. The van der Waals surface area contributed by atoms with E-state index in [1.165, 1.54) is 19.3 Å². The number of hydrogen-bond donors (Lipinski definition) is 3. The third-order valence-electron chi connectivity index (χ3n) is 4.70. The van der Waals surface area contributed by atoms with Crippen molar-refractivity contribution in [2.75, 3.05) is 11.1 Å². The molecule has 0 spiro atoms. The normalized spacial score (nSPS) is 20.9. The molecule has 0 amide bonds. The van der Waals surface area contributed by atoms with Gasteiger partial charge in [0.25, 0.3) is 0 Å². The van der Waals surface area contributed by atoms with Gasteiger partial charge in [0, 0.05) is 34.9 Å². The first kappa shape index (κ1) is 14.1. The minimum absolute atomic E-state index is 0.530. The van der Waals surface area contributed by atoms with Crippen molar-refractivity contribution in [3.8, 4) is 11.3 Å². The van der Waals surface area contributed by atoms with E-state index >= 15 is 0 Å². The Morgan fingerprint density at radius 3 is 2.87 bits per heavy atom. The summed E-state index contributed by atoms with van der Waals surface area (Å²) in [6.45, 7) is 2.32. The topological polar surface area (TPSA) is 79.6 Å². The van der Waals surface area contributed by atoms with Gasteiger partial charge in [0.1, 0.15) is 5.82 Å². The van der Waals surface area contributed by atoms with Crippen LogP contribution >= 0.6 is 0 Å². The second-order valence-electron chi connectivity index (χ2n) is 6.56. The van der Waals surface area contributed by atoms with E-state index in [0.29, 0.717) is 11.9 Å². The van der Waals surface area contributed by atoms with E-state index in [1.807, 2.05) is 12.1 Å². The molecule has 23 heavy (non-hydrogen) atoms. The van der Waals surface area contributed by atoms with Crippen LogP contribution in [-0.2, 0) is 0 Å². The average Bonchev–Trinajstić information content (AvgIpc) is 3.18. The monoisotopic (exact) mass is 307 g/mol. The molecule has 2 heterocycles. The van der Waals surface area contributed by atoms with Gasteiger partial charge >= 0.3 is 0 Å². The number of pyridine rings is 1. The van der Waals surface area contributed by atoms with Crippen molar-refractivity contribution in [1.29, 1.82) is 0 Å². The van der Waals surface area contributed by atoms with Crippen molar-refractivity contribution >= 4 is 22.4 Å². The van der Waals surface area contributed by atoms with E-state index in [0.717, 1.165) is 33.8 Å². The average molecular weight is 307 g/mol. The molecule has 0 bridgehead atoms. The summed E-state index contributed by atoms with van der Waals surface area (Å²) in [6, 6.07) is 10.7. The van der Waals surface area contributed by atoms with Crippen LogP contribution in [0.25, 0.3) is 22.2 Å². The Labute approximate surface area is 135 Å². The second kappa shape index (κ2) is 5.57. The van der Waals surface area contributed by atoms with Gasteiger partial charge in [-0.2, -0.15) is 5.10 Å². The van der Waals surface area contributed by atoms with Gasteiger partial charge in [0.05, 0.1) is 11.2 Å². The molecule has 1 saturated carbocycles. The Kier molecular flexibility index (Phi) is 3.41. The van der Waals surface area contributed by atoms with E-state index in [9.17, 15) is 0 Å². The molecule has 3 aromatic rings. The number of nitrogens with zero attached hydrogens (tertiary/aromatic N) is 2. The maximum absolute atomic E-state index is 6.02. The summed E-state index contributed by atoms with van der Waals surface area (Å²) in [5, 5.41) is 11.8. The summed E-state index contributed by atoms with van der Waals surface area (Å²) in [6.07, 6.45) is 5.48. The molecule has 4 rings (SSSR count). The van der Waals surface area contributed by atoms with Gasteiger partial charge in [-0.15, -0.1) is 0 Å². The fraction of sp³-hybridized carbons (Fsp3) is 0.333. The minimum Gasteiger partial charge on any atom is -0.384 e. The molecule has 2 aromatic heterocycles. The van der Waals surface area contributed by atoms with E-state index in [-0.39, 0.29) is 0 Å². The zero-order chi connectivity index (χ0) is 15.8. The van der Waals surface area contributed by atoms with Crippen LogP contribution in [0.2, 0.25) is 0 Å². The molecule has 4 N–H and O–H groups in total. The van der Waals surface area contributed by atoms with Crippen molar-refractivity contribution in [1.82, 2.24) is 15.2 Å². The Hall–Kier alpha value is -2.56. The predicted molar refractivity (Wildman–Crippen MR) is 94.2 cm³/mol. The van der Waals surface area contributed by atoms with Gasteiger partial charge in [0.15, 0.2) is 0 Å². The lowest BCUT2D eigenvalue weighted by Crippen LogP contribution is -2.15. The summed E-state index contributed by atoms with van der Waals surface area (Å²) >= 11 is 0. The van der Waals surface area contributed by atoms with E-state index in [2.05, 4.69) is 45.6 Å². The third kappa shape index (κ3) is 2.74. The molecule has 1 aromatic carbocycles. The van der Waals surface area contributed by atoms with Crippen LogP contribution in [0, 0.1) is 5.92 Å². The molecular weight excluding hydrogens is 286 g/mol. The highest BCUT2D eigenvalue weighted by molar-refractivity contribution is 5.95. The number of fused-ring (bicyclic) bond motifs is 1. The summed E-state index contributed by atoms with van der Waals surface area (Å²) in [5.41, 5.74) is 10.1. The number of aromatic amines is 1. The molecule has 5 heteroatoms. The Morgan fingerprint density at radius 1 is 1.22 bits per heavy atom. The number of nitrogens with two attached hydrogens (primary N) is 1. The van der Waals surface area contributed by atoms with Crippen molar-refractivity contribution in [2.24, 2.45) is 5.92 Å². The largest absolute Gasteiger partial charge is 0.384 e. The van der Waals surface area contributed by atoms with Crippen LogP contribution in [0.5, 0.6) is 0 Å². The third-order valence-corrected chi connectivity index (χ3v) is 4.70. The van der Waals surface area contributed by atoms with Crippen LogP contribution in [0.15, 0.2) is 36.5 Å². The highest BCUT2D eigenvalue weighted by Gasteiger charge is 2.21. The molecule has 118 valence electrons. The van der Waals surface area contributed by atoms with Crippen molar-refractivity contribution in [2.45, 2.75) is 32.2 Å². The number of H-pyrrole nitrogens is 1. The summed E-state index contributed by atoms with van der Waals surface area (Å²) in [7, 11) is 0. The highest BCUT2D eigenvalue weighted by Crippen LogP contribution is 2.32. The lowest BCUT2D eigenvalue weighted by Gasteiger charge is -2.16. The van der Waals surface area contributed by atoms with Gasteiger partial charge < -0.3 is 11.1 Å². The molecule has 0 unspecified atom stereocenters. The minimum atomic E-state index is 0.530. The van der Waals surface area contributed by atoms with Crippen LogP contribution in [0.1, 0.15) is 26.2 Å². The highest BCUT2D eigenvalue weighted by atomic mass is 15.1. The Morgan fingerprint density at radius 2 is 2.13 bits per heavy atom. The van der Waals surface area contributed by atoms with Crippen LogP contribution in [-0.4, -0.2) is 21.2 Å². The summed E-state index contributed by atoms with van der Waals surface area (Å²) in [5.74, 6) is 1.35. The molecule has 2 atom stereocenters. The number of nitrogen functional groups attached to an aromatic ring is 1. The van der Waals surface area contributed by atoms with Crippen LogP contribution in [0.3, 0.4) is 0 Å². The second-order valence-corrected chi connectivity index (χ2v) is 6.56. The lowest BCUT2D eigenvalue weighted by molar-refractivity contribution is 0.603. The van der Waals surface area contributed by atoms with E-state index in [4.69, 9.17) is 5.73 Å². The Balaban J connectivity index is 1.73. The molecule has 1 aliphatic carbocycles. The molecule has 0 saturated heterocycles. The van der Waals surface area contributed by atoms with Crippen molar-refractivity contribution < 1.29 is 0 Å². The van der Waals surface area contributed by atoms with Gasteiger partial charge in [-0.25, -0.2) is 4.98 Å². The molecule has 0 radical (unpaired) electrons. The first-order valence-corrected chi connectivity index (χ1v) is 8.15. The van der Waals surface area contributed by atoms with Gasteiger partial charge in [-0.05, 0) is 37.3 Å². The number of nitrogens with one attached hydrogen (secondary N) is 2. The first-order valence-electron chi connectivity index (χ1n) is 8.15. The van der Waals surface area contributed by atoms with Crippen LogP contribution < -0.4 is 11.1 Å². The number of benzene rings is 1. The fourth-order valence-corrected chi connectivity index (χ4v) is 3.51. The van der Waals surface area contributed by atoms with Crippen LogP contribution in [0.4, 0.5) is 11.5 Å². The lowest BCUT2D eigenvalue weighted by atomic mass is 10.1. The zero-order valence-electron chi connectivity index (χ0n) is 13.2. The molecule has 1 aliphatic rings. The van der Waals surface area contributed by atoms with Gasteiger partial charge in [-0.3, -0.25) is 5.10 Å². The zero-order valence-corrected chi connectivity index (χ0v) is 13.2. The smallest absolute Gasteiger partial charge is 0.126 e. The van der Waals surface area contributed by atoms with Gasteiger partial charge in [0.2, 0.25) is 0 Å².